The van der Waals surface area contributed by atoms with E-state index in [1.165, 1.54) is 40.4 Å². The molecule has 0 spiro atoms. The fraction of sp³-hybridized carbons (Fsp3) is 0.308. The Labute approximate surface area is 206 Å². The normalized spacial score (nSPS) is 11.1. The van der Waals surface area contributed by atoms with E-state index in [0.29, 0.717) is 5.75 Å². The molecular formula is C26H32O4S3. The monoisotopic (exact) mass is 504 g/mol. The van der Waals surface area contributed by atoms with Crippen LogP contribution in [0, 0.1) is 0 Å². The van der Waals surface area contributed by atoms with E-state index in [2.05, 4.69) is 102 Å². The second-order valence-electron chi connectivity index (χ2n) is 7.31. The lowest BCUT2D eigenvalue weighted by atomic mass is 10.1. The lowest BCUT2D eigenvalue weighted by molar-refractivity contribution is 0.391. The zero-order valence-electron chi connectivity index (χ0n) is 19.0. The lowest BCUT2D eigenvalue weighted by Gasteiger charge is -2.07. The minimum Gasteiger partial charge on any atom is -0.725 e. The number of benzene rings is 3. The SMILES string of the molecule is CCCCCCCCSOS(=O)(=O)[O-].c1ccc([S+](c2ccccc2)c2ccccc2)cc1. The van der Waals surface area contributed by atoms with Crippen molar-refractivity contribution in [3.63, 3.8) is 0 Å². The summed E-state index contributed by atoms with van der Waals surface area (Å²) in [6, 6.07) is 32.2. The zero-order chi connectivity index (χ0) is 23.8. The van der Waals surface area contributed by atoms with Crippen molar-refractivity contribution >= 4 is 33.3 Å². The molecule has 0 amide bonds. The molecule has 0 aromatic heterocycles. The predicted molar refractivity (Wildman–Crippen MR) is 138 cm³/mol. The molecule has 0 N–H and O–H groups in total. The molecule has 0 aliphatic heterocycles. The summed E-state index contributed by atoms with van der Waals surface area (Å²) >= 11 is 0.724. The van der Waals surface area contributed by atoms with Crippen LogP contribution in [0.4, 0.5) is 0 Å². The van der Waals surface area contributed by atoms with Crippen LogP contribution in [-0.2, 0) is 24.9 Å². The second-order valence-corrected chi connectivity index (χ2v) is 11.3. The Balaban J connectivity index is 0.000000248. The summed E-state index contributed by atoms with van der Waals surface area (Å²) in [5, 5.41) is 0. The Morgan fingerprint density at radius 3 is 1.48 bits per heavy atom. The van der Waals surface area contributed by atoms with Crippen molar-refractivity contribution < 1.29 is 16.6 Å². The minimum absolute atomic E-state index is 0.0146. The van der Waals surface area contributed by atoms with E-state index in [-0.39, 0.29) is 10.9 Å². The van der Waals surface area contributed by atoms with Crippen LogP contribution in [0.1, 0.15) is 45.4 Å². The Hall–Kier alpha value is -1.77. The van der Waals surface area contributed by atoms with Crippen molar-refractivity contribution in [2.75, 3.05) is 5.75 Å². The lowest BCUT2D eigenvalue weighted by Crippen LogP contribution is -2.04. The highest BCUT2D eigenvalue weighted by Crippen LogP contribution is 2.30. The van der Waals surface area contributed by atoms with Crippen LogP contribution in [0.15, 0.2) is 106 Å². The van der Waals surface area contributed by atoms with Gasteiger partial charge in [0.25, 0.3) is 0 Å². The molecule has 4 nitrogen and oxygen atoms in total. The van der Waals surface area contributed by atoms with Crippen LogP contribution in [0.25, 0.3) is 0 Å². The molecule has 0 aliphatic rings. The van der Waals surface area contributed by atoms with Gasteiger partial charge in [-0.1, -0.05) is 93.6 Å². The maximum atomic E-state index is 10.0. The molecule has 0 saturated carbocycles. The average Bonchev–Trinajstić information content (AvgIpc) is 2.83. The maximum absolute atomic E-state index is 10.0. The van der Waals surface area contributed by atoms with Crippen molar-refractivity contribution in [1.29, 1.82) is 0 Å². The van der Waals surface area contributed by atoms with E-state index in [9.17, 15) is 13.0 Å². The van der Waals surface area contributed by atoms with Crippen molar-refractivity contribution in [1.82, 2.24) is 0 Å². The Morgan fingerprint density at radius 2 is 1.09 bits per heavy atom. The Morgan fingerprint density at radius 1 is 0.697 bits per heavy atom. The topological polar surface area (TPSA) is 66.4 Å². The smallest absolute Gasteiger partial charge is 0.228 e. The summed E-state index contributed by atoms with van der Waals surface area (Å²) in [5.41, 5.74) is 0. The molecule has 0 fully saturated rings. The highest BCUT2D eigenvalue weighted by atomic mass is 32.3. The van der Waals surface area contributed by atoms with Gasteiger partial charge < -0.3 is 4.55 Å². The highest BCUT2D eigenvalue weighted by Gasteiger charge is 2.27. The molecule has 0 saturated heterocycles. The summed E-state index contributed by atoms with van der Waals surface area (Å²) in [6.45, 7) is 2.16. The molecule has 0 atom stereocenters. The van der Waals surface area contributed by atoms with Crippen LogP contribution >= 0.6 is 12.0 Å². The van der Waals surface area contributed by atoms with Gasteiger partial charge in [0.15, 0.2) is 14.7 Å². The van der Waals surface area contributed by atoms with Gasteiger partial charge in [-0.15, -0.1) is 0 Å². The summed E-state index contributed by atoms with van der Waals surface area (Å²) in [7, 11) is -4.53. The third-order valence-corrected chi connectivity index (χ3v) is 8.39. The predicted octanol–water partition coefficient (Wildman–Crippen LogP) is 7.25. The first-order chi connectivity index (χ1) is 16.0. The molecule has 33 heavy (non-hydrogen) atoms. The first-order valence-corrected chi connectivity index (χ1v) is 14.6. The van der Waals surface area contributed by atoms with Crippen LogP contribution in [0.2, 0.25) is 0 Å². The highest BCUT2D eigenvalue weighted by molar-refractivity contribution is 8.02. The van der Waals surface area contributed by atoms with E-state index in [0.717, 1.165) is 24.9 Å². The van der Waals surface area contributed by atoms with Gasteiger partial charge in [0.05, 0.1) is 10.9 Å². The Kier molecular flexibility index (Phi) is 13.3. The molecule has 7 heteroatoms. The fourth-order valence-corrected chi connectivity index (χ4v) is 6.28. The first-order valence-electron chi connectivity index (χ1n) is 11.2. The third kappa shape index (κ3) is 11.8. The third-order valence-electron chi connectivity index (χ3n) is 4.65. The zero-order valence-corrected chi connectivity index (χ0v) is 21.4. The van der Waals surface area contributed by atoms with E-state index < -0.39 is 10.4 Å². The van der Waals surface area contributed by atoms with E-state index in [4.69, 9.17) is 0 Å². The van der Waals surface area contributed by atoms with Crippen molar-refractivity contribution in [3.05, 3.63) is 91.0 Å². The van der Waals surface area contributed by atoms with E-state index in [1.54, 1.807) is 0 Å². The minimum atomic E-state index is -4.51. The molecule has 3 rings (SSSR count). The molecule has 3 aromatic carbocycles. The molecular weight excluding hydrogens is 472 g/mol. The molecule has 0 heterocycles. The largest absolute Gasteiger partial charge is 0.725 e. The molecule has 0 unspecified atom stereocenters. The van der Waals surface area contributed by atoms with Crippen molar-refractivity contribution in [3.8, 4) is 0 Å². The van der Waals surface area contributed by atoms with Gasteiger partial charge in [-0.25, -0.2) is 12.0 Å². The summed E-state index contributed by atoms with van der Waals surface area (Å²) in [6.07, 6.45) is 6.81. The summed E-state index contributed by atoms with van der Waals surface area (Å²) < 4.78 is 34.0. The molecule has 178 valence electrons. The van der Waals surface area contributed by atoms with Crippen LogP contribution in [-0.4, -0.2) is 18.7 Å². The Bertz CT molecular complexity index is 888. The van der Waals surface area contributed by atoms with Crippen LogP contribution in [0.3, 0.4) is 0 Å². The van der Waals surface area contributed by atoms with Gasteiger partial charge in [-0.2, -0.15) is 0 Å². The number of rotatable bonds is 12. The van der Waals surface area contributed by atoms with Gasteiger partial charge in [0.1, 0.15) is 0 Å². The first kappa shape index (κ1) is 27.5. The standard InChI is InChI=1S/C18H15S.C8H18O4S2/c1-4-10-16(11-5-1)19(17-12-6-2-7-13-17)18-14-8-3-9-15-18;1-2-3-4-5-6-7-8-13-12-14(9,10)11/h1-15H;2-8H2,1H3,(H,9,10,11)/q+1;/p-1. The molecule has 0 aliphatic carbocycles. The van der Waals surface area contributed by atoms with Gasteiger partial charge in [0, 0.05) is 17.8 Å². The maximum Gasteiger partial charge on any atom is 0.228 e. The number of hydrogen-bond donors (Lipinski definition) is 0. The average molecular weight is 505 g/mol. The number of hydrogen-bond acceptors (Lipinski definition) is 5. The number of unbranched alkanes of at least 4 members (excludes halogenated alkanes) is 5. The van der Waals surface area contributed by atoms with Gasteiger partial charge in [0.2, 0.25) is 10.4 Å². The van der Waals surface area contributed by atoms with E-state index >= 15 is 0 Å². The van der Waals surface area contributed by atoms with Crippen LogP contribution in [0.5, 0.6) is 0 Å². The quantitative estimate of drug-likeness (QED) is 0.0854. The van der Waals surface area contributed by atoms with Crippen molar-refractivity contribution in [2.45, 2.75) is 60.1 Å². The summed E-state index contributed by atoms with van der Waals surface area (Å²) in [5.74, 6) is 0.563. The van der Waals surface area contributed by atoms with Gasteiger partial charge in [-0.05, 0) is 42.8 Å². The molecule has 0 radical (unpaired) electrons. The van der Waals surface area contributed by atoms with Gasteiger partial charge in [-0.3, -0.25) is 0 Å². The van der Waals surface area contributed by atoms with Crippen molar-refractivity contribution in [2.24, 2.45) is 0 Å². The second kappa shape index (κ2) is 16.0. The summed E-state index contributed by atoms with van der Waals surface area (Å²) in [4.78, 5) is 4.08. The molecule has 3 aromatic rings. The fourth-order valence-electron chi connectivity index (χ4n) is 3.11. The van der Waals surface area contributed by atoms with Gasteiger partial charge >= 0.3 is 0 Å². The van der Waals surface area contributed by atoms with E-state index in [1.807, 2.05) is 0 Å². The van der Waals surface area contributed by atoms with Crippen LogP contribution < -0.4 is 0 Å². The molecule has 0 bridgehead atoms.